The van der Waals surface area contributed by atoms with E-state index in [0.29, 0.717) is 32.9 Å². The minimum atomic E-state index is -0.474. The summed E-state index contributed by atoms with van der Waals surface area (Å²) in [4.78, 5) is 11.7. The van der Waals surface area contributed by atoms with Crippen LogP contribution < -0.4 is 5.32 Å². The number of hydrogen-bond donors (Lipinski definition) is 2. The number of anilines is 1. The molecule has 2 aromatic carbocycles. The highest BCUT2D eigenvalue weighted by atomic mass is 79.9. The molecule has 0 aliphatic carbocycles. The summed E-state index contributed by atoms with van der Waals surface area (Å²) >= 11 is 9.16. The van der Waals surface area contributed by atoms with Crippen molar-refractivity contribution in [1.82, 2.24) is 0 Å². The fourth-order valence-electron chi connectivity index (χ4n) is 1.84. The maximum absolute atomic E-state index is 11.7. The minimum Gasteiger partial charge on any atom is -0.506 e. The molecule has 0 unspecified atom stereocenters. The molecule has 21 heavy (non-hydrogen) atoms. The molecule has 0 saturated heterocycles. The number of aromatic hydroxyl groups is 1. The largest absolute Gasteiger partial charge is 0.506 e. The SMILES string of the molecule is COC(=O)c1cc(Cl)ccc1NCc1cccc(Br)c1O. The zero-order chi connectivity index (χ0) is 15.4. The van der Waals surface area contributed by atoms with Crippen LogP contribution >= 0.6 is 27.5 Å². The van der Waals surface area contributed by atoms with Crippen molar-refractivity contribution >= 4 is 39.2 Å². The third kappa shape index (κ3) is 3.68. The molecule has 0 aromatic heterocycles. The van der Waals surface area contributed by atoms with Gasteiger partial charge in [-0.25, -0.2) is 4.79 Å². The number of ether oxygens (including phenoxy) is 1. The number of phenolic OH excluding ortho intramolecular Hbond substituents is 1. The molecule has 0 aliphatic rings. The Morgan fingerprint density at radius 3 is 2.86 bits per heavy atom. The van der Waals surface area contributed by atoms with Gasteiger partial charge in [-0.15, -0.1) is 0 Å². The lowest BCUT2D eigenvalue weighted by molar-refractivity contribution is 0.0602. The van der Waals surface area contributed by atoms with Crippen LogP contribution in [0.25, 0.3) is 0 Å². The van der Waals surface area contributed by atoms with Crippen molar-refractivity contribution in [3.05, 3.63) is 57.0 Å². The van der Waals surface area contributed by atoms with Gasteiger partial charge >= 0.3 is 5.97 Å². The molecule has 2 rings (SSSR count). The number of rotatable bonds is 4. The second-order valence-corrected chi connectivity index (χ2v) is 5.57. The molecule has 2 aromatic rings. The Bertz CT molecular complexity index is 676. The second kappa shape index (κ2) is 6.83. The van der Waals surface area contributed by atoms with Gasteiger partial charge in [0.2, 0.25) is 0 Å². The Morgan fingerprint density at radius 2 is 2.14 bits per heavy atom. The molecule has 0 atom stereocenters. The molecule has 6 heteroatoms. The second-order valence-electron chi connectivity index (χ2n) is 4.28. The number of esters is 1. The van der Waals surface area contributed by atoms with Crippen LogP contribution in [0.4, 0.5) is 5.69 Å². The van der Waals surface area contributed by atoms with Crippen LogP contribution in [-0.4, -0.2) is 18.2 Å². The summed E-state index contributed by atoms with van der Waals surface area (Å²) in [6.07, 6.45) is 0. The number of hydrogen-bond acceptors (Lipinski definition) is 4. The van der Waals surface area contributed by atoms with E-state index in [9.17, 15) is 9.90 Å². The number of nitrogens with one attached hydrogen (secondary N) is 1. The van der Waals surface area contributed by atoms with E-state index in [1.807, 2.05) is 6.07 Å². The van der Waals surface area contributed by atoms with E-state index in [1.54, 1.807) is 24.3 Å². The van der Waals surface area contributed by atoms with E-state index < -0.39 is 5.97 Å². The van der Waals surface area contributed by atoms with Crippen LogP contribution in [-0.2, 0) is 11.3 Å². The van der Waals surface area contributed by atoms with E-state index in [2.05, 4.69) is 21.2 Å². The standard InChI is InChI=1S/C15H13BrClNO3/c1-21-15(20)11-7-10(17)5-6-13(11)18-8-9-3-2-4-12(16)14(9)19/h2-7,18-19H,8H2,1H3. The van der Waals surface area contributed by atoms with Crippen molar-refractivity contribution in [3.63, 3.8) is 0 Å². The van der Waals surface area contributed by atoms with Crippen molar-refractivity contribution < 1.29 is 14.6 Å². The summed E-state index contributed by atoms with van der Waals surface area (Å²) in [7, 11) is 1.31. The monoisotopic (exact) mass is 369 g/mol. The number of para-hydroxylation sites is 1. The zero-order valence-electron chi connectivity index (χ0n) is 11.2. The van der Waals surface area contributed by atoms with Gasteiger partial charge in [-0.1, -0.05) is 23.7 Å². The minimum absolute atomic E-state index is 0.165. The summed E-state index contributed by atoms with van der Waals surface area (Å²) in [6.45, 7) is 0.358. The van der Waals surface area contributed by atoms with Crippen molar-refractivity contribution in [2.24, 2.45) is 0 Å². The number of methoxy groups -OCH3 is 1. The van der Waals surface area contributed by atoms with Crippen LogP contribution in [0.5, 0.6) is 5.75 Å². The molecule has 0 saturated carbocycles. The van der Waals surface area contributed by atoms with Crippen LogP contribution in [0.15, 0.2) is 40.9 Å². The molecule has 0 amide bonds. The Labute approximate surface area is 135 Å². The maximum atomic E-state index is 11.7. The fraction of sp³-hybridized carbons (Fsp3) is 0.133. The van der Waals surface area contributed by atoms with Crippen molar-refractivity contribution in [2.75, 3.05) is 12.4 Å². The Balaban J connectivity index is 2.24. The van der Waals surface area contributed by atoms with Gasteiger partial charge in [-0.05, 0) is 40.2 Å². The van der Waals surface area contributed by atoms with Gasteiger partial charge in [0.25, 0.3) is 0 Å². The molecule has 0 spiro atoms. The third-order valence-corrected chi connectivity index (χ3v) is 3.80. The fourth-order valence-corrected chi connectivity index (χ4v) is 2.42. The third-order valence-electron chi connectivity index (χ3n) is 2.93. The van der Waals surface area contributed by atoms with Gasteiger partial charge < -0.3 is 15.2 Å². The van der Waals surface area contributed by atoms with Crippen molar-refractivity contribution in [3.8, 4) is 5.75 Å². The number of carbonyl (C=O) groups is 1. The van der Waals surface area contributed by atoms with E-state index in [1.165, 1.54) is 13.2 Å². The lowest BCUT2D eigenvalue weighted by atomic mass is 10.1. The first-order valence-electron chi connectivity index (χ1n) is 6.11. The van der Waals surface area contributed by atoms with E-state index in [-0.39, 0.29) is 5.75 Å². The van der Waals surface area contributed by atoms with Crippen LogP contribution in [0.1, 0.15) is 15.9 Å². The average molecular weight is 371 g/mol. The first-order valence-corrected chi connectivity index (χ1v) is 7.28. The molecule has 0 bridgehead atoms. The summed E-state index contributed by atoms with van der Waals surface area (Å²) in [5.74, 6) is -0.308. The first-order chi connectivity index (χ1) is 10.0. The van der Waals surface area contributed by atoms with E-state index in [4.69, 9.17) is 16.3 Å². The summed E-state index contributed by atoms with van der Waals surface area (Å²) < 4.78 is 5.35. The lowest BCUT2D eigenvalue weighted by Gasteiger charge is -2.12. The predicted octanol–water partition coefficient (Wildman–Crippen LogP) is 4.21. The number of benzene rings is 2. The summed E-state index contributed by atoms with van der Waals surface area (Å²) in [5.41, 5.74) is 1.64. The molecule has 2 N–H and O–H groups in total. The van der Waals surface area contributed by atoms with E-state index >= 15 is 0 Å². The highest BCUT2D eigenvalue weighted by molar-refractivity contribution is 9.10. The van der Waals surface area contributed by atoms with Gasteiger partial charge in [0, 0.05) is 22.8 Å². The molecule has 0 radical (unpaired) electrons. The Kier molecular flexibility index (Phi) is 5.09. The molecular formula is C15H13BrClNO3. The topological polar surface area (TPSA) is 58.6 Å². The van der Waals surface area contributed by atoms with Crippen LogP contribution in [0, 0.1) is 0 Å². The molecule has 0 fully saturated rings. The molecule has 0 heterocycles. The number of halogens is 2. The molecule has 110 valence electrons. The highest BCUT2D eigenvalue weighted by Crippen LogP contribution is 2.29. The number of phenols is 1. The average Bonchev–Trinajstić information content (AvgIpc) is 2.49. The van der Waals surface area contributed by atoms with Gasteiger partial charge in [-0.2, -0.15) is 0 Å². The number of carbonyl (C=O) groups excluding carboxylic acids is 1. The van der Waals surface area contributed by atoms with Gasteiger partial charge in [0.05, 0.1) is 17.1 Å². The Hall–Kier alpha value is -1.72. The molecule has 0 aliphatic heterocycles. The van der Waals surface area contributed by atoms with Crippen molar-refractivity contribution in [2.45, 2.75) is 6.54 Å². The predicted molar refractivity (Wildman–Crippen MR) is 85.9 cm³/mol. The maximum Gasteiger partial charge on any atom is 0.340 e. The van der Waals surface area contributed by atoms with Crippen molar-refractivity contribution in [1.29, 1.82) is 0 Å². The summed E-state index contributed by atoms with van der Waals surface area (Å²) in [6, 6.07) is 10.3. The first kappa shape index (κ1) is 15.7. The molecule has 4 nitrogen and oxygen atoms in total. The van der Waals surface area contributed by atoms with Gasteiger partial charge in [-0.3, -0.25) is 0 Å². The van der Waals surface area contributed by atoms with Gasteiger partial charge in [0.1, 0.15) is 5.75 Å². The van der Waals surface area contributed by atoms with Crippen LogP contribution in [0.3, 0.4) is 0 Å². The van der Waals surface area contributed by atoms with Gasteiger partial charge in [0.15, 0.2) is 0 Å². The van der Waals surface area contributed by atoms with E-state index in [0.717, 1.165) is 0 Å². The summed E-state index contributed by atoms with van der Waals surface area (Å²) in [5, 5.41) is 13.5. The molecular weight excluding hydrogens is 358 g/mol. The highest BCUT2D eigenvalue weighted by Gasteiger charge is 2.13. The Morgan fingerprint density at radius 1 is 1.38 bits per heavy atom. The smallest absolute Gasteiger partial charge is 0.340 e. The quantitative estimate of drug-likeness (QED) is 0.792. The zero-order valence-corrected chi connectivity index (χ0v) is 13.5. The normalized spacial score (nSPS) is 10.2. The lowest BCUT2D eigenvalue weighted by Crippen LogP contribution is -2.08. The van der Waals surface area contributed by atoms with Crippen LogP contribution in [0.2, 0.25) is 5.02 Å².